The van der Waals surface area contributed by atoms with Crippen LogP contribution in [-0.4, -0.2) is 25.1 Å². The fourth-order valence-corrected chi connectivity index (χ4v) is 4.51. The van der Waals surface area contributed by atoms with E-state index in [-0.39, 0.29) is 10.8 Å². The first kappa shape index (κ1) is 18.5. The molecule has 3 aromatic rings. The minimum atomic E-state index is -3.28. The molecule has 0 saturated heterocycles. The number of hydrogen-bond acceptors (Lipinski definition) is 4. The van der Waals surface area contributed by atoms with E-state index in [1.165, 1.54) is 46.7 Å². The lowest BCUT2D eigenvalue weighted by atomic mass is 10.1. The second-order valence-corrected chi connectivity index (χ2v) is 9.27. The maximum absolute atomic E-state index is 12.5. The molecular weight excluding hydrogens is 368 g/mol. The van der Waals surface area contributed by atoms with E-state index < -0.39 is 9.84 Å². The number of nitrogens with zero attached hydrogens (tertiary/aromatic N) is 2. The lowest BCUT2D eigenvalue weighted by Crippen LogP contribution is -2.16. The topological polar surface area (TPSA) is 68.5 Å². The number of sulfone groups is 1. The lowest BCUT2D eigenvalue weighted by molar-refractivity contribution is 0.0997. The van der Waals surface area contributed by atoms with Gasteiger partial charge in [-0.2, -0.15) is 4.99 Å². The molecule has 7 heteroatoms. The van der Waals surface area contributed by atoms with Crippen LogP contribution in [0.5, 0.6) is 0 Å². The van der Waals surface area contributed by atoms with E-state index >= 15 is 0 Å². The summed E-state index contributed by atoms with van der Waals surface area (Å²) in [6.45, 7) is 6.86. The second-order valence-electron chi connectivity index (χ2n) is 6.25. The van der Waals surface area contributed by atoms with Gasteiger partial charge in [0, 0.05) is 18.4 Å². The van der Waals surface area contributed by atoms with E-state index in [0.29, 0.717) is 16.9 Å². The Kier molecular flexibility index (Phi) is 4.86. The summed E-state index contributed by atoms with van der Waals surface area (Å²) in [4.78, 5) is 17.6. The van der Waals surface area contributed by atoms with Crippen LogP contribution in [0.1, 0.15) is 28.4 Å². The Morgan fingerprint density at radius 3 is 2.31 bits per heavy atom. The van der Waals surface area contributed by atoms with Gasteiger partial charge >= 0.3 is 0 Å². The van der Waals surface area contributed by atoms with Gasteiger partial charge in [-0.05, 0) is 68.3 Å². The molecule has 0 aliphatic heterocycles. The van der Waals surface area contributed by atoms with Gasteiger partial charge in [-0.15, -0.1) is 0 Å². The van der Waals surface area contributed by atoms with Crippen molar-refractivity contribution in [1.82, 2.24) is 4.57 Å². The van der Waals surface area contributed by atoms with Crippen LogP contribution in [0.3, 0.4) is 0 Å². The van der Waals surface area contributed by atoms with E-state index in [0.717, 1.165) is 16.5 Å². The molecule has 0 atom stereocenters. The number of aryl methyl sites for hydroxylation is 3. The van der Waals surface area contributed by atoms with Gasteiger partial charge < -0.3 is 4.57 Å². The Bertz CT molecular complexity index is 1170. The molecule has 136 valence electrons. The fraction of sp³-hybridized carbons (Fsp3) is 0.263. The van der Waals surface area contributed by atoms with Crippen molar-refractivity contribution < 1.29 is 13.2 Å². The highest BCUT2D eigenvalue weighted by molar-refractivity contribution is 7.90. The number of amides is 1. The zero-order chi connectivity index (χ0) is 19.1. The molecular formula is C19H20N2O3S2. The predicted molar refractivity (Wildman–Crippen MR) is 104 cm³/mol. The molecule has 0 N–H and O–H groups in total. The first-order valence-electron chi connectivity index (χ1n) is 8.20. The summed E-state index contributed by atoms with van der Waals surface area (Å²) < 4.78 is 26.2. The van der Waals surface area contributed by atoms with Gasteiger partial charge in [0.05, 0.1) is 15.1 Å². The van der Waals surface area contributed by atoms with E-state index in [1.807, 2.05) is 11.5 Å². The summed E-state index contributed by atoms with van der Waals surface area (Å²) in [5.41, 5.74) is 3.84. The van der Waals surface area contributed by atoms with Crippen molar-refractivity contribution in [3.8, 4) is 0 Å². The minimum absolute atomic E-state index is 0.186. The third kappa shape index (κ3) is 3.50. The van der Waals surface area contributed by atoms with Crippen LogP contribution in [-0.2, 0) is 16.4 Å². The van der Waals surface area contributed by atoms with E-state index in [2.05, 4.69) is 31.0 Å². The third-order valence-electron chi connectivity index (χ3n) is 4.34. The van der Waals surface area contributed by atoms with E-state index in [1.54, 1.807) is 0 Å². The Balaban J connectivity index is 2.08. The molecule has 3 rings (SSSR count). The standard InChI is InChI=1S/C19H20N2O3S2/c1-5-21-16-10-12(2)13(3)11-17(16)25-19(21)20-18(22)14-6-8-15(9-7-14)26(4,23)24/h6-11H,5H2,1-4H3. The summed E-state index contributed by atoms with van der Waals surface area (Å²) in [7, 11) is -3.28. The van der Waals surface area contributed by atoms with Crippen molar-refractivity contribution >= 4 is 37.3 Å². The molecule has 1 amide bonds. The number of rotatable bonds is 3. The molecule has 1 aromatic heterocycles. The zero-order valence-electron chi connectivity index (χ0n) is 15.1. The molecule has 0 saturated carbocycles. The summed E-state index contributed by atoms with van der Waals surface area (Å²) in [5, 5.41) is 0. The highest BCUT2D eigenvalue weighted by atomic mass is 32.2. The highest BCUT2D eigenvalue weighted by Gasteiger charge is 2.11. The third-order valence-corrected chi connectivity index (χ3v) is 6.51. The lowest BCUT2D eigenvalue weighted by Gasteiger charge is -2.03. The first-order chi connectivity index (χ1) is 12.2. The second kappa shape index (κ2) is 6.81. The number of aromatic nitrogens is 1. The van der Waals surface area contributed by atoms with Crippen LogP contribution >= 0.6 is 11.3 Å². The number of benzene rings is 2. The monoisotopic (exact) mass is 388 g/mol. The number of carbonyl (C=O) groups is 1. The Hall–Kier alpha value is -2.25. The molecule has 0 aliphatic rings. The molecule has 0 unspecified atom stereocenters. The van der Waals surface area contributed by atoms with Crippen LogP contribution in [0.25, 0.3) is 10.2 Å². The van der Waals surface area contributed by atoms with Gasteiger partial charge in [-0.3, -0.25) is 4.79 Å². The van der Waals surface area contributed by atoms with Crippen LogP contribution in [0, 0.1) is 13.8 Å². The average Bonchev–Trinajstić information content (AvgIpc) is 2.90. The number of thiazole rings is 1. The number of hydrogen-bond donors (Lipinski definition) is 0. The van der Waals surface area contributed by atoms with Crippen LogP contribution in [0.4, 0.5) is 0 Å². The molecule has 2 aromatic carbocycles. The molecule has 0 aliphatic carbocycles. The van der Waals surface area contributed by atoms with Crippen molar-refractivity contribution in [2.45, 2.75) is 32.2 Å². The van der Waals surface area contributed by atoms with Crippen LogP contribution < -0.4 is 4.80 Å². The van der Waals surface area contributed by atoms with Crippen molar-refractivity contribution in [3.05, 3.63) is 57.9 Å². The Labute approximate surface area is 156 Å². The van der Waals surface area contributed by atoms with Gasteiger partial charge in [0.25, 0.3) is 5.91 Å². The smallest absolute Gasteiger partial charge is 0.279 e. The van der Waals surface area contributed by atoms with Crippen LogP contribution in [0.15, 0.2) is 46.3 Å². The van der Waals surface area contributed by atoms with Gasteiger partial charge in [0.1, 0.15) is 0 Å². The van der Waals surface area contributed by atoms with Crippen molar-refractivity contribution in [2.24, 2.45) is 4.99 Å². The predicted octanol–water partition coefficient (Wildman–Crippen LogP) is 3.48. The summed E-state index contributed by atoms with van der Waals surface area (Å²) in [6.07, 6.45) is 1.14. The average molecular weight is 389 g/mol. The summed E-state index contributed by atoms with van der Waals surface area (Å²) >= 11 is 1.48. The van der Waals surface area contributed by atoms with Crippen LogP contribution in [0.2, 0.25) is 0 Å². The first-order valence-corrected chi connectivity index (χ1v) is 10.9. The van der Waals surface area contributed by atoms with Gasteiger partial charge in [0.2, 0.25) is 0 Å². The summed E-state index contributed by atoms with van der Waals surface area (Å²) in [6, 6.07) is 10.1. The summed E-state index contributed by atoms with van der Waals surface area (Å²) in [5.74, 6) is -0.382. The highest BCUT2D eigenvalue weighted by Crippen LogP contribution is 2.22. The van der Waals surface area contributed by atoms with E-state index in [9.17, 15) is 13.2 Å². The van der Waals surface area contributed by atoms with Gasteiger partial charge in [-0.1, -0.05) is 11.3 Å². The fourth-order valence-electron chi connectivity index (χ4n) is 2.71. The minimum Gasteiger partial charge on any atom is -0.317 e. The van der Waals surface area contributed by atoms with Crippen molar-refractivity contribution in [2.75, 3.05) is 6.26 Å². The molecule has 0 radical (unpaired) electrons. The zero-order valence-corrected chi connectivity index (χ0v) is 16.7. The molecule has 0 fully saturated rings. The molecule has 0 spiro atoms. The van der Waals surface area contributed by atoms with E-state index in [4.69, 9.17) is 0 Å². The number of fused-ring (bicyclic) bond motifs is 1. The molecule has 5 nitrogen and oxygen atoms in total. The molecule has 26 heavy (non-hydrogen) atoms. The molecule has 1 heterocycles. The Morgan fingerprint density at radius 1 is 1.12 bits per heavy atom. The number of carbonyl (C=O) groups excluding carboxylic acids is 1. The SMILES string of the molecule is CCn1c(=NC(=O)c2ccc(S(C)(=O)=O)cc2)sc2cc(C)c(C)cc21. The van der Waals surface area contributed by atoms with Gasteiger partial charge in [0.15, 0.2) is 14.6 Å². The van der Waals surface area contributed by atoms with Crippen molar-refractivity contribution in [1.29, 1.82) is 0 Å². The maximum Gasteiger partial charge on any atom is 0.279 e. The molecule has 0 bridgehead atoms. The van der Waals surface area contributed by atoms with Gasteiger partial charge in [-0.25, -0.2) is 8.42 Å². The Morgan fingerprint density at radius 2 is 1.73 bits per heavy atom. The maximum atomic E-state index is 12.5. The van der Waals surface area contributed by atoms with Crippen molar-refractivity contribution in [3.63, 3.8) is 0 Å². The largest absolute Gasteiger partial charge is 0.317 e. The quantitative estimate of drug-likeness (QED) is 0.690. The normalized spacial score (nSPS) is 12.7.